The fraction of sp³-hybridized carbons (Fsp3) is 0.429. The van der Waals surface area contributed by atoms with Gasteiger partial charge in [-0.25, -0.2) is 0 Å². The zero-order chi connectivity index (χ0) is 13.8. The number of halogens is 1. The first kappa shape index (κ1) is 14.2. The third kappa shape index (κ3) is 3.88. The molecule has 0 spiro atoms. The van der Waals surface area contributed by atoms with E-state index in [0.717, 1.165) is 17.4 Å². The van der Waals surface area contributed by atoms with Crippen LogP contribution in [-0.2, 0) is 6.42 Å². The molecule has 0 saturated heterocycles. The second kappa shape index (κ2) is 6.30. The summed E-state index contributed by atoms with van der Waals surface area (Å²) < 4.78 is 6.32. The third-order valence-corrected chi connectivity index (χ3v) is 3.76. The van der Waals surface area contributed by atoms with Crippen molar-refractivity contribution in [2.45, 2.75) is 26.3 Å². The molecule has 2 aromatic rings. The molecule has 0 aliphatic heterocycles. The molecule has 2 rings (SSSR count). The van der Waals surface area contributed by atoms with Gasteiger partial charge in [0.2, 0.25) is 5.89 Å². The minimum atomic E-state index is 0.136. The Morgan fingerprint density at radius 1 is 1.32 bits per heavy atom. The van der Waals surface area contributed by atoms with Crippen LogP contribution in [0.2, 0.25) is 0 Å². The Bertz CT molecular complexity index is 524. The molecule has 1 aromatic carbocycles. The summed E-state index contributed by atoms with van der Waals surface area (Å²) in [7, 11) is 2.07. The maximum atomic E-state index is 5.21. The molecule has 1 aromatic heterocycles. The van der Waals surface area contributed by atoms with E-state index >= 15 is 0 Å². The molecule has 1 heterocycles. The highest BCUT2D eigenvalue weighted by atomic mass is 79.9. The van der Waals surface area contributed by atoms with Gasteiger partial charge in [0.1, 0.15) is 0 Å². The van der Waals surface area contributed by atoms with Crippen LogP contribution in [0.25, 0.3) is 0 Å². The molecule has 0 aliphatic rings. The molecule has 0 N–H and O–H groups in total. The number of aryl methyl sites for hydroxylation is 1. The Kier molecular flexibility index (Phi) is 4.71. The molecule has 0 aliphatic carbocycles. The van der Waals surface area contributed by atoms with E-state index in [4.69, 9.17) is 4.52 Å². The van der Waals surface area contributed by atoms with Gasteiger partial charge in [-0.1, -0.05) is 33.2 Å². The lowest BCUT2D eigenvalue weighted by Gasteiger charge is -2.21. The summed E-state index contributed by atoms with van der Waals surface area (Å²) in [6, 6.07) is 8.55. The zero-order valence-electron chi connectivity index (χ0n) is 11.4. The predicted molar refractivity (Wildman–Crippen MR) is 77.9 cm³/mol. The highest BCUT2D eigenvalue weighted by Gasteiger charge is 2.17. The van der Waals surface area contributed by atoms with Crippen LogP contribution in [0.5, 0.6) is 0 Å². The number of benzene rings is 1. The van der Waals surface area contributed by atoms with E-state index in [0.29, 0.717) is 11.7 Å². The lowest BCUT2D eigenvalue weighted by atomic mass is 10.1. The van der Waals surface area contributed by atoms with Crippen LogP contribution in [-0.4, -0.2) is 28.6 Å². The molecule has 0 fully saturated rings. The van der Waals surface area contributed by atoms with Crippen LogP contribution in [0.4, 0.5) is 0 Å². The van der Waals surface area contributed by atoms with E-state index in [1.807, 2.05) is 6.92 Å². The molecule has 0 saturated carbocycles. The van der Waals surface area contributed by atoms with Crippen molar-refractivity contribution in [3.8, 4) is 0 Å². The summed E-state index contributed by atoms with van der Waals surface area (Å²) in [5.41, 5.74) is 1.32. The summed E-state index contributed by atoms with van der Waals surface area (Å²) in [6.45, 7) is 4.86. The second-order valence-electron chi connectivity index (χ2n) is 4.71. The number of likely N-dealkylation sites (N-methyl/N-ethyl adjacent to an activating group) is 1. The van der Waals surface area contributed by atoms with Crippen LogP contribution in [0, 0.1) is 6.92 Å². The lowest BCUT2D eigenvalue weighted by Crippen LogP contribution is -2.25. The van der Waals surface area contributed by atoms with E-state index in [2.05, 4.69) is 69.2 Å². The fourth-order valence-electron chi connectivity index (χ4n) is 1.82. The molecule has 1 atom stereocenters. The molecule has 0 radical (unpaired) electrons. The van der Waals surface area contributed by atoms with Gasteiger partial charge < -0.3 is 4.52 Å². The van der Waals surface area contributed by atoms with Crippen LogP contribution < -0.4 is 0 Å². The topological polar surface area (TPSA) is 42.2 Å². The molecular weight excluding hydrogens is 306 g/mol. The van der Waals surface area contributed by atoms with E-state index in [-0.39, 0.29) is 6.04 Å². The summed E-state index contributed by atoms with van der Waals surface area (Å²) in [6.07, 6.45) is 1.00. The Hall–Kier alpha value is -1.20. The Morgan fingerprint density at radius 2 is 2.00 bits per heavy atom. The summed E-state index contributed by atoms with van der Waals surface area (Å²) in [5.74, 6) is 1.36. The highest BCUT2D eigenvalue weighted by Crippen LogP contribution is 2.17. The van der Waals surface area contributed by atoms with Gasteiger partial charge in [-0.05, 0) is 45.0 Å². The average Bonchev–Trinajstić information content (AvgIpc) is 2.83. The van der Waals surface area contributed by atoms with E-state index in [1.165, 1.54) is 5.56 Å². The van der Waals surface area contributed by atoms with Crippen molar-refractivity contribution in [2.75, 3.05) is 13.6 Å². The van der Waals surface area contributed by atoms with Gasteiger partial charge in [-0.15, -0.1) is 0 Å². The Balaban J connectivity index is 1.90. The molecule has 102 valence electrons. The van der Waals surface area contributed by atoms with Crippen molar-refractivity contribution in [3.05, 3.63) is 46.0 Å². The molecule has 0 amide bonds. The third-order valence-electron chi connectivity index (χ3n) is 3.23. The quantitative estimate of drug-likeness (QED) is 0.846. The van der Waals surface area contributed by atoms with Crippen LogP contribution in [0.3, 0.4) is 0 Å². The van der Waals surface area contributed by atoms with Crippen molar-refractivity contribution in [3.63, 3.8) is 0 Å². The van der Waals surface area contributed by atoms with E-state index in [1.54, 1.807) is 0 Å². The average molecular weight is 324 g/mol. The van der Waals surface area contributed by atoms with Crippen molar-refractivity contribution in [1.29, 1.82) is 0 Å². The maximum absolute atomic E-state index is 5.21. The first-order valence-electron chi connectivity index (χ1n) is 6.31. The van der Waals surface area contributed by atoms with E-state index < -0.39 is 0 Å². The van der Waals surface area contributed by atoms with Crippen molar-refractivity contribution in [2.24, 2.45) is 0 Å². The largest absolute Gasteiger partial charge is 0.338 e. The summed E-state index contributed by atoms with van der Waals surface area (Å²) in [4.78, 5) is 6.49. The Morgan fingerprint density at radius 3 is 2.58 bits per heavy atom. The van der Waals surface area contributed by atoms with Gasteiger partial charge in [0.25, 0.3) is 0 Å². The number of aromatic nitrogens is 2. The lowest BCUT2D eigenvalue weighted by molar-refractivity contribution is 0.211. The maximum Gasteiger partial charge on any atom is 0.243 e. The smallest absolute Gasteiger partial charge is 0.243 e. The number of nitrogens with zero attached hydrogens (tertiary/aromatic N) is 3. The minimum absolute atomic E-state index is 0.136. The predicted octanol–water partition coefficient (Wildman–Crippen LogP) is 3.38. The van der Waals surface area contributed by atoms with E-state index in [9.17, 15) is 0 Å². The van der Waals surface area contributed by atoms with Gasteiger partial charge in [0.15, 0.2) is 5.82 Å². The van der Waals surface area contributed by atoms with Crippen LogP contribution in [0.15, 0.2) is 33.3 Å². The molecule has 1 unspecified atom stereocenters. The molecular formula is C14H18BrN3O. The van der Waals surface area contributed by atoms with Gasteiger partial charge in [-0.2, -0.15) is 4.98 Å². The molecule has 0 bridgehead atoms. The first-order valence-corrected chi connectivity index (χ1v) is 7.10. The standard InChI is InChI=1S/C14H18BrN3O/c1-10(14-16-11(2)17-19-14)18(3)9-8-12-4-6-13(15)7-5-12/h4-7,10H,8-9H2,1-3H3. The second-order valence-corrected chi connectivity index (χ2v) is 5.63. The molecule has 19 heavy (non-hydrogen) atoms. The SMILES string of the molecule is Cc1noc(C(C)N(C)CCc2ccc(Br)cc2)n1. The van der Waals surface area contributed by atoms with Gasteiger partial charge in [0.05, 0.1) is 6.04 Å². The van der Waals surface area contributed by atoms with Crippen LogP contribution >= 0.6 is 15.9 Å². The van der Waals surface area contributed by atoms with Gasteiger partial charge in [-0.3, -0.25) is 4.90 Å². The monoisotopic (exact) mass is 323 g/mol. The van der Waals surface area contributed by atoms with Crippen molar-refractivity contribution in [1.82, 2.24) is 15.0 Å². The first-order chi connectivity index (χ1) is 9.06. The number of hydrogen-bond donors (Lipinski definition) is 0. The number of rotatable bonds is 5. The minimum Gasteiger partial charge on any atom is -0.338 e. The zero-order valence-corrected chi connectivity index (χ0v) is 13.0. The highest BCUT2D eigenvalue weighted by molar-refractivity contribution is 9.10. The molecule has 5 heteroatoms. The summed E-state index contributed by atoms with van der Waals surface area (Å²) >= 11 is 3.44. The van der Waals surface area contributed by atoms with Crippen LogP contribution in [0.1, 0.15) is 30.2 Å². The van der Waals surface area contributed by atoms with Crippen molar-refractivity contribution < 1.29 is 4.52 Å². The van der Waals surface area contributed by atoms with Crippen molar-refractivity contribution >= 4 is 15.9 Å². The normalized spacial score (nSPS) is 12.9. The molecule has 4 nitrogen and oxygen atoms in total. The van der Waals surface area contributed by atoms with Gasteiger partial charge in [0, 0.05) is 11.0 Å². The fourth-order valence-corrected chi connectivity index (χ4v) is 2.09. The number of hydrogen-bond acceptors (Lipinski definition) is 4. The van der Waals surface area contributed by atoms with Gasteiger partial charge >= 0.3 is 0 Å². The summed E-state index contributed by atoms with van der Waals surface area (Å²) in [5, 5.41) is 3.83. The Labute approximate surface area is 121 Å².